The van der Waals surface area contributed by atoms with Crippen molar-refractivity contribution in [3.8, 4) is 0 Å². The Morgan fingerprint density at radius 3 is 0.911 bits per heavy atom. The first-order chi connectivity index (χ1) is 22.1. The normalized spacial score (nSPS) is 10.9. The molecule has 0 saturated heterocycles. The highest BCUT2D eigenvalue weighted by Gasteiger charge is 2.24. The number of benzene rings is 6. The molecular weight excluding hydrogens is 552 g/mol. The summed E-state index contributed by atoms with van der Waals surface area (Å²) in [6.45, 7) is 0. The molecule has 0 heterocycles. The number of hydrogen-bond acceptors (Lipinski definition) is 2. The van der Waals surface area contributed by atoms with E-state index in [1.165, 1.54) is 0 Å². The van der Waals surface area contributed by atoms with Gasteiger partial charge < -0.3 is 10.6 Å². The summed E-state index contributed by atoms with van der Waals surface area (Å²) in [5.74, 6) is -0.942. The minimum absolute atomic E-state index is 0.0699. The number of hydrogen-bond donors (Lipinski definition) is 2. The van der Waals surface area contributed by atoms with Crippen molar-refractivity contribution in [2.24, 2.45) is 0 Å². The van der Waals surface area contributed by atoms with Crippen LogP contribution < -0.4 is 10.6 Å². The highest BCUT2D eigenvalue weighted by molar-refractivity contribution is 5.99. The van der Waals surface area contributed by atoms with Crippen LogP contribution in [0.25, 0.3) is 0 Å². The van der Waals surface area contributed by atoms with Crippen LogP contribution in [0.2, 0.25) is 0 Å². The topological polar surface area (TPSA) is 58.2 Å². The van der Waals surface area contributed by atoms with Gasteiger partial charge in [0.25, 0.3) is 0 Å². The van der Waals surface area contributed by atoms with E-state index in [0.717, 1.165) is 51.2 Å². The van der Waals surface area contributed by atoms with Crippen LogP contribution in [0.4, 0.5) is 11.4 Å². The number of rotatable bonds is 10. The molecule has 0 aliphatic heterocycles. The predicted molar refractivity (Wildman–Crippen MR) is 182 cm³/mol. The lowest BCUT2D eigenvalue weighted by atomic mass is 9.90. The molecular formula is C41H34N2O2. The van der Waals surface area contributed by atoms with E-state index in [4.69, 9.17) is 0 Å². The molecule has 0 fully saturated rings. The molecule has 0 bridgehead atoms. The molecule has 2 amide bonds. The quantitative estimate of drug-likeness (QED) is 0.169. The van der Waals surface area contributed by atoms with Crippen molar-refractivity contribution in [2.45, 2.75) is 18.3 Å². The summed E-state index contributed by atoms with van der Waals surface area (Å²) in [7, 11) is 0. The van der Waals surface area contributed by atoms with Crippen LogP contribution in [-0.2, 0) is 16.0 Å². The van der Waals surface area contributed by atoms with E-state index in [1.54, 1.807) is 0 Å². The zero-order chi connectivity index (χ0) is 30.8. The lowest BCUT2D eigenvalue weighted by Crippen LogP contribution is -2.22. The van der Waals surface area contributed by atoms with Crippen molar-refractivity contribution in [1.29, 1.82) is 0 Å². The molecule has 0 aliphatic rings. The van der Waals surface area contributed by atoms with E-state index < -0.39 is 11.8 Å². The lowest BCUT2D eigenvalue weighted by Gasteiger charge is -2.18. The molecule has 0 aromatic heterocycles. The van der Waals surface area contributed by atoms with Gasteiger partial charge in [-0.3, -0.25) is 9.59 Å². The third kappa shape index (κ3) is 7.43. The maximum atomic E-state index is 13.5. The van der Waals surface area contributed by atoms with E-state index in [2.05, 4.69) is 10.6 Å². The summed E-state index contributed by atoms with van der Waals surface area (Å²) in [6, 6.07) is 55.3. The van der Waals surface area contributed by atoms with Crippen molar-refractivity contribution in [1.82, 2.24) is 0 Å². The molecule has 0 unspecified atom stereocenters. The number of nitrogens with one attached hydrogen (secondary N) is 2. The molecule has 6 aromatic rings. The van der Waals surface area contributed by atoms with Crippen LogP contribution in [0, 0.1) is 0 Å². The fourth-order valence-electron chi connectivity index (χ4n) is 5.65. The summed E-state index contributed by atoms with van der Waals surface area (Å²) in [4.78, 5) is 26.9. The smallest absolute Gasteiger partial charge is 0.236 e. The van der Waals surface area contributed by atoms with Crippen molar-refractivity contribution in [2.75, 3.05) is 10.6 Å². The zero-order valence-corrected chi connectivity index (χ0v) is 24.8. The van der Waals surface area contributed by atoms with Gasteiger partial charge in [-0.15, -0.1) is 0 Å². The molecule has 0 spiro atoms. The molecule has 0 aliphatic carbocycles. The number of anilines is 2. The second kappa shape index (κ2) is 14.2. The Labute approximate surface area is 264 Å². The number of amides is 2. The second-order valence-electron chi connectivity index (χ2n) is 11.1. The van der Waals surface area contributed by atoms with Gasteiger partial charge in [0.15, 0.2) is 0 Å². The highest BCUT2D eigenvalue weighted by Crippen LogP contribution is 2.28. The summed E-state index contributed by atoms with van der Waals surface area (Å²) in [5, 5.41) is 6.22. The Bertz CT molecular complexity index is 1600. The number of carbonyl (C=O) groups is 2. The Balaban J connectivity index is 1.10. The second-order valence-corrected chi connectivity index (χ2v) is 11.1. The Kier molecular flexibility index (Phi) is 9.23. The summed E-state index contributed by atoms with van der Waals surface area (Å²) >= 11 is 0. The minimum atomic E-state index is -0.401. The van der Waals surface area contributed by atoms with Gasteiger partial charge in [0.2, 0.25) is 11.8 Å². The van der Waals surface area contributed by atoms with E-state index in [9.17, 15) is 9.59 Å². The molecule has 45 heavy (non-hydrogen) atoms. The van der Waals surface area contributed by atoms with E-state index in [1.807, 2.05) is 170 Å². The SMILES string of the molecule is O=C(Nc1ccc(Cc2ccc(NC(=O)C(c3ccccc3)c3ccccc3)cc2)cc1)C(c1ccccc1)c1ccccc1. The van der Waals surface area contributed by atoms with Gasteiger partial charge in [-0.25, -0.2) is 0 Å². The average Bonchev–Trinajstić information content (AvgIpc) is 3.09. The van der Waals surface area contributed by atoms with Gasteiger partial charge in [0.05, 0.1) is 11.8 Å². The van der Waals surface area contributed by atoms with Gasteiger partial charge in [-0.05, 0) is 64.1 Å². The Hall–Kier alpha value is -5.74. The first kappa shape index (κ1) is 29.3. The van der Waals surface area contributed by atoms with E-state index in [-0.39, 0.29) is 11.8 Å². The molecule has 6 rings (SSSR count). The van der Waals surface area contributed by atoms with Gasteiger partial charge in [0.1, 0.15) is 0 Å². The van der Waals surface area contributed by atoms with Crippen LogP contribution in [-0.4, -0.2) is 11.8 Å². The average molecular weight is 587 g/mol. The van der Waals surface area contributed by atoms with Gasteiger partial charge in [-0.2, -0.15) is 0 Å². The van der Waals surface area contributed by atoms with Gasteiger partial charge >= 0.3 is 0 Å². The summed E-state index contributed by atoms with van der Waals surface area (Å²) in [6.07, 6.45) is 0.732. The largest absolute Gasteiger partial charge is 0.325 e. The van der Waals surface area contributed by atoms with Crippen LogP contribution in [0.1, 0.15) is 45.2 Å². The van der Waals surface area contributed by atoms with Crippen molar-refractivity contribution >= 4 is 23.2 Å². The zero-order valence-electron chi connectivity index (χ0n) is 24.8. The fraction of sp³-hybridized carbons (Fsp3) is 0.0732. The first-order valence-electron chi connectivity index (χ1n) is 15.1. The number of carbonyl (C=O) groups excluding carboxylic acids is 2. The maximum Gasteiger partial charge on any atom is 0.236 e. The van der Waals surface area contributed by atoms with E-state index >= 15 is 0 Å². The molecule has 6 aromatic carbocycles. The highest BCUT2D eigenvalue weighted by atomic mass is 16.2. The predicted octanol–water partition coefficient (Wildman–Crippen LogP) is 8.82. The van der Waals surface area contributed by atoms with Gasteiger partial charge in [0, 0.05) is 11.4 Å². The van der Waals surface area contributed by atoms with Crippen LogP contribution in [0.15, 0.2) is 170 Å². The maximum absolute atomic E-state index is 13.5. The summed E-state index contributed by atoms with van der Waals surface area (Å²) in [5.41, 5.74) is 7.57. The minimum Gasteiger partial charge on any atom is -0.325 e. The third-order valence-corrected chi connectivity index (χ3v) is 7.91. The molecule has 220 valence electrons. The van der Waals surface area contributed by atoms with Crippen molar-refractivity contribution in [3.63, 3.8) is 0 Å². The molecule has 4 heteroatoms. The Morgan fingerprint density at radius 2 is 0.644 bits per heavy atom. The monoisotopic (exact) mass is 586 g/mol. The molecule has 0 saturated carbocycles. The Morgan fingerprint density at radius 1 is 0.378 bits per heavy atom. The molecule has 0 radical (unpaired) electrons. The van der Waals surface area contributed by atoms with Crippen LogP contribution in [0.5, 0.6) is 0 Å². The summed E-state index contributed by atoms with van der Waals surface area (Å²) < 4.78 is 0. The molecule has 2 N–H and O–H groups in total. The molecule has 0 atom stereocenters. The molecule has 4 nitrogen and oxygen atoms in total. The first-order valence-corrected chi connectivity index (χ1v) is 15.1. The van der Waals surface area contributed by atoms with Crippen molar-refractivity contribution in [3.05, 3.63) is 203 Å². The fourth-order valence-corrected chi connectivity index (χ4v) is 5.65. The third-order valence-electron chi connectivity index (χ3n) is 7.91. The standard InChI is InChI=1S/C41H34N2O2/c44-40(38(32-13-5-1-6-14-32)33-15-7-2-8-16-33)42-36-25-21-30(22-26-36)29-31-23-27-37(28-24-31)43-41(45)39(34-17-9-3-10-18-34)35-19-11-4-12-20-35/h1-28,38-39H,29H2,(H,42,44)(H,43,45). The van der Waals surface area contributed by atoms with E-state index in [0.29, 0.717) is 0 Å². The van der Waals surface area contributed by atoms with Crippen LogP contribution in [0.3, 0.4) is 0 Å². The van der Waals surface area contributed by atoms with Crippen LogP contribution >= 0.6 is 0 Å². The van der Waals surface area contributed by atoms with Crippen molar-refractivity contribution < 1.29 is 9.59 Å². The van der Waals surface area contributed by atoms with Gasteiger partial charge in [-0.1, -0.05) is 146 Å². The lowest BCUT2D eigenvalue weighted by molar-refractivity contribution is -0.117.